The number of benzene rings is 1. The van der Waals surface area contributed by atoms with E-state index in [9.17, 15) is 14.7 Å². The van der Waals surface area contributed by atoms with Crippen LogP contribution in [0.2, 0.25) is 0 Å². The number of aliphatic carboxylic acids is 1. The van der Waals surface area contributed by atoms with Gasteiger partial charge in [0.1, 0.15) is 6.04 Å². The van der Waals surface area contributed by atoms with Crippen molar-refractivity contribution in [1.82, 2.24) is 9.88 Å². The maximum atomic E-state index is 12.6. The molecule has 122 valence electrons. The van der Waals surface area contributed by atoms with Crippen LogP contribution in [0.3, 0.4) is 0 Å². The van der Waals surface area contributed by atoms with Gasteiger partial charge in [0.15, 0.2) is 0 Å². The molecular formula is C17H20N2O4. The molecule has 6 nitrogen and oxygen atoms in total. The van der Waals surface area contributed by atoms with E-state index in [1.165, 1.54) is 0 Å². The Morgan fingerprint density at radius 3 is 2.87 bits per heavy atom. The van der Waals surface area contributed by atoms with E-state index in [0.717, 1.165) is 23.7 Å². The van der Waals surface area contributed by atoms with Crippen LogP contribution in [-0.4, -0.2) is 40.8 Å². The maximum Gasteiger partial charge on any atom is 0.326 e. The molecule has 0 spiro atoms. The smallest absolute Gasteiger partial charge is 0.326 e. The number of ether oxygens (including phenoxy) is 1. The van der Waals surface area contributed by atoms with Crippen molar-refractivity contribution in [2.45, 2.75) is 18.9 Å². The molecule has 1 aromatic heterocycles. The molecular weight excluding hydrogens is 296 g/mol. The number of aromatic nitrogens is 1. The lowest BCUT2D eigenvalue weighted by molar-refractivity contribution is -0.142. The number of carbonyl (C=O) groups is 2. The molecule has 0 bridgehead atoms. The van der Waals surface area contributed by atoms with Crippen molar-refractivity contribution in [1.29, 1.82) is 0 Å². The number of hydrogen-bond acceptors (Lipinski definition) is 3. The van der Waals surface area contributed by atoms with Crippen LogP contribution in [0.4, 0.5) is 0 Å². The lowest BCUT2D eigenvalue weighted by Gasteiger charge is -2.28. The minimum atomic E-state index is -1.02. The van der Waals surface area contributed by atoms with Crippen LogP contribution < -0.4 is 5.32 Å². The average Bonchev–Trinajstić information content (AvgIpc) is 2.90. The van der Waals surface area contributed by atoms with Crippen molar-refractivity contribution in [3.05, 3.63) is 36.0 Å². The Morgan fingerprint density at radius 2 is 2.17 bits per heavy atom. The van der Waals surface area contributed by atoms with Gasteiger partial charge >= 0.3 is 5.97 Å². The largest absolute Gasteiger partial charge is 0.480 e. The minimum Gasteiger partial charge on any atom is -0.480 e. The Kier molecular flexibility index (Phi) is 4.34. The molecule has 1 fully saturated rings. The van der Waals surface area contributed by atoms with Crippen molar-refractivity contribution in [3.63, 3.8) is 0 Å². The van der Waals surface area contributed by atoms with Gasteiger partial charge in [-0.3, -0.25) is 4.79 Å². The van der Waals surface area contributed by atoms with Gasteiger partial charge in [0.05, 0.1) is 12.2 Å². The number of carboxylic acid groups (broad SMARTS) is 1. The molecule has 3 rings (SSSR count). The lowest BCUT2D eigenvalue weighted by atomic mass is 9.93. The number of carbonyl (C=O) groups excluding carboxylic acids is 1. The minimum absolute atomic E-state index is 0.194. The highest BCUT2D eigenvalue weighted by Crippen LogP contribution is 2.22. The van der Waals surface area contributed by atoms with Gasteiger partial charge in [-0.15, -0.1) is 0 Å². The zero-order valence-electron chi connectivity index (χ0n) is 13.0. The molecule has 23 heavy (non-hydrogen) atoms. The Labute approximate surface area is 134 Å². The second-order valence-electron chi connectivity index (χ2n) is 5.94. The van der Waals surface area contributed by atoms with Crippen molar-refractivity contribution in [3.8, 4) is 0 Å². The van der Waals surface area contributed by atoms with E-state index in [4.69, 9.17) is 4.74 Å². The first-order valence-electron chi connectivity index (χ1n) is 7.73. The van der Waals surface area contributed by atoms with Crippen LogP contribution >= 0.6 is 0 Å². The van der Waals surface area contributed by atoms with E-state index in [1.54, 1.807) is 6.20 Å². The van der Waals surface area contributed by atoms with Crippen LogP contribution in [0.1, 0.15) is 23.2 Å². The van der Waals surface area contributed by atoms with E-state index in [1.807, 2.05) is 35.9 Å². The van der Waals surface area contributed by atoms with E-state index >= 15 is 0 Å². The first-order valence-corrected chi connectivity index (χ1v) is 7.73. The van der Waals surface area contributed by atoms with Gasteiger partial charge in [-0.05, 0) is 18.9 Å². The van der Waals surface area contributed by atoms with Crippen molar-refractivity contribution < 1.29 is 19.4 Å². The molecule has 1 saturated heterocycles. The fraction of sp³-hybridized carbons (Fsp3) is 0.412. The fourth-order valence-corrected chi connectivity index (χ4v) is 3.15. The molecule has 2 N–H and O–H groups in total. The zero-order valence-corrected chi connectivity index (χ0v) is 13.0. The maximum absolute atomic E-state index is 12.6. The molecule has 6 heteroatoms. The summed E-state index contributed by atoms with van der Waals surface area (Å²) in [5.41, 5.74) is 1.43. The number of nitrogens with one attached hydrogen (secondary N) is 1. The monoisotopic (exact) mass is 316 g/mol. The van der Waals surface area contributed by atoms with E-state index < -0.39 is 12.0 Å². The van der Waals surface area contributed by atoms with E-state index in [-0.39, 0.29) is 11.8 Å². The number of carboxylic acids is 1. The van der Waals surface area contributed by atoms with Gasteiger partial charge < -0.3 is 19.7 Å². The normalized spacial score (nSPS) is 19.4. The molecule has 0 radical (unpaired) electrons. The molecule has 0 aliphatic carbocycles. The predicted octanol–water partition coefficient (Wildman–Crippen LogP) is 1.79. The predicted molar refractivity (Wildman–Crippen MR) is 85.4 cm³/mol. The molecule has 1 aliphatic heterocycles. The summed E-state index contributed by atoms with van der Waals surface area (Å²) in [7, 11) is 1.86. The highest BCUT2D eigenvalue weighted by molar-refractivity contribution is 6.07. The topological polar surface area (TPSA) is 80.6 Å². The van der Waals surface area contributed by atoms with Gasteiger partial charge in [-0.25, -0.2) is 4.79 Å². The second kappa shape index (κ2) is 6.42. The summed E-state index contributed by atoms with van der Waals surface area (Å²) >= 11 is 0. The number of rotatable bonds is 4. The van der Waals surface area contributed by atoms with Gasteiger partial charge in [0, 0.05) is 36.7 Å². The summed E-state index contributed by atoms with van der Waals surface area (Å²) in [5, 5.41) is 13.0. The summed E-state index contributed by atoms with van der Waals surface area (Å²) in [5.74, 6) is -1.57. The number of aryl methyl sites for hydroxylation is 1. The standard InChI is InChI=1S/C17H20N2O4/c1-19-9-13(12-6-2-3-7-14(12)19)16(20)18-15(17(21)22)11-5-4-8-23-10-11/h2-3,6-7,9,11,15H,4-5,8,10H2,1H3,(H,18,20)(H,21,22). The summed E-state index contributed by atoms with van der Waals surface area (Å²) in [4.78, 5) is 24.2. The summed E-state index contributed by atoms with van der Waals surface area (Å²) in [6, 6.07) is 6.63. The van der Waals surface area contributed by atoms with Crippen LogP contribution in [0.25, 0.3) is 10.9 Å². The van der Waals surface area contributed by atoms with E-state index in [2.05, 4.69) is 5.32 Å². The average molecular weight is 316 g/mol. The Hall–Kier alpha value is -2.34. The molecule has 2 heterocycles. The number of amides is 1. The lowest BCUT2D eigenvalue weighted by Crippen LogP contribution is -2.48. The molecule has 1 aliphatic rings. The van der Waals surface area contributed by atoms with Crippen molar-refractivity contribution >= 4 is 22.8 Å². The summed E-state index contributed by atoms with van der Waals surface area (Å²) in [6.45, 7) is 1.02. The molecule has 0 saturated carbocycles. The fourth-order valence-electron chi connectivity index (χ4n) is 3.15. The van der Waals surface area contributed by atoms with Crippen LogP contribution in [-0.2, 0) is 16.6 Å². The summed E-state index contributed by atoms with van der Waals surface area (Å²) < 4.78 is 7.22. The zero-order chi connectivity index (χ0) is 16.4. The molecule has 2 aromatic rings. The number of para-hydroxylation sites is 1. The molecule has 2 unspecified atom stereocenters. The summed E-state index contributed by atoms with van der Waals surface area (Å²) in [6.07, 6.45) is 3.29. The van der Waals surface area contributed by atoms with Gasteiger partial charge in [0.2, 0.25) is 0 Å². The van der Waals surface area contributed by atoms with Gasteiger partial charge in [-0.2, -0.15) is 0 Å². The van der Waals surface area contributed by atoms with Gasteiger partial charge in [-0.1, -0.05) is 18.2 Å². The van der Waals surface area contributed by atoms with Crippen LogP contribution in [0.5, 0.6) is 0 Å². The van der Waals surface area contributed by atoms with E-state index in [0.29, 0.717) is 18.8 Å². The highest BCUT2D eigenvalue weighted by atomic mass is 16.5. The number of hydrogen-bond donors (Lipinski definition) is 2. The third kappa shape index (κ3) is 3.07. The Balaban J connectivity index is 1.84. The highest BCUT2D eigenvalue weighted by Gasteiger charge is 2.32. The van der Waals surface area contributed by atoms with Crippen LogP contribution in [0.15, 0.2) is 30.5 Å². The first-order chi connectivity index (χ1) is 11.1. The first kappa shape index (κ1) is 15.6. The third-order valence-corrected chi connectivity index (χ3v) is 4.36. The third-order valence-electron chi connectivity index (χ3n) is 4.36. The quantitative estimate of drug-likeness (QED) is 0.901. The van der Waals surface area contributed by atoms with Crippen molar-refractivity contribution in [2.24, 2.45) is 13.0 Å². The van der Waals surface area contributed by atoms with Crippen LogP contribution in [0, 0.1) is 5.92 Å². The Bertz CT molecular complexity index is 731. The second-order valence-corrected chi connectivity index (χ2v) is 5.94. The molecule has 1 aromatic carbocycles. The molecule has 1 amide bonds. The molecule has 2 atom stereocenters. The van der Waals surface area contributed by atoms with Crippen molar-refractivity contribution in [2.75, 3.05) is 13.2 Å². The van der Waals surface area contributed by atoms with Gasteiger partial charge in [0.25, 0.3) is 5.91 Å². The number of fused-ring (bicyclic) bond motifs is 1. The Morgan fingerprint density at radius 1 is 1.39 bits per heavy atom. The SMILES string of the molecule is Cn1cc(C(=O)NC(C(=O)O)C2CCCOC2)c2ccccc21. The number of nitrogens with zero attached hydrogens (tertiary/aromatic N) is 1.